The summed E-state index contributed by atoms with van der Waals surface area (Å²) in [6, 6.07) is 4.17. The van der Waals surface area contributed by atoms with Gasteiger partial charge >= 0.3 is 0 Å². The van der Waals surface area contributed by atoms with E-state index in [0.29, 0.717) is 19.6 Å². The average molecular weight is 280 g/mol. The maximum Gasteiger partial charge on any atom is 0.222 e. The van der Waals surface area contributed by atoms with E-state index in [1.807, 2.05) is 36.3 Å². The van der Waals surface area contributed by atoms with Gasteiger partial charge in [0.25, 0.3) is 0 Å². The van der Waals surface area contributed by atoms with Gasteiger partial charge in [0.05, 0.1) is 11.0 Å². The Hall–Kier alpha value is -1.34. The Morgan fingerprint density at radius 2 is 1.70 bits per heavy atom. The van der Waals surface area contributed by atoms with Gasteiger partial charge in [-0.1, -0.05) is 37.1 Å². The Labute approximate surface area is 124 Å². The first-order valence-electron chi connectivity index (χ1n) is 6.55. The van der Waals surface area contributed by atoms with Gasteiger partial charge in [-0.2, -0.15) is 0 Å². The lowest BCUT2D eigenvalue weighted by molar-refractivity contribution is 0.446. The second-order valence-corrected chi connectivity index (χ2v) is 6.14. The molecule has 98 valence electrons. The lowest BCUT2D eigenvalue weighted by Gasteiger charge is -2.16. The number of benzene rings is 1. The smallest absolute Gasteiger partial charge is 0.222 e. The highest BCUT2D eigenvalue weighted by molar-refractivity contribution is 7.46. The van der Waals surface area contributed by atoms with Crippen molar-refractivity contribution in [3.8, 4) is 22.9 Å². The molecule has 0 aliphatic rings. The number of hydrogen-bond acceptors (Lipinski definition) is 3. The highest BCUT2D eigenvalue weighted by atomic mass is 31.1. The number of aromatic hydroxyl groups is 2. The summed E-state index contributed by atoms with van der Waals surface area (Å²) in [6.07, 6.45) is 0. The monoisotopic (exact) mass is 281 g/mol. The first kappa shape index (κ1) is 15.1. The highest BCUT2D eigenvalue weighted by Crippen LogP contribution is 2.24. The predicted molar refractivity (Wildman–Crippen MR) is 99.6 cm³/mol. The van der Waals surface area contributed by atoms with Crippen molar-refractivity contribution >= 4 is 67.1 Å². The summed E-state index contributed by atoms with van der Waals surface area (Å²) in [5.41, 5.74) is 5.80. The first-order chi connectivity index (χ1) is 9.36. The van der Waals surface area contributed by atoms with Gasteiger partial charge in [-0.05, 0) is 17.7 Å². The molecule has 1 atom stereocenters. The Kier molecular flexibility index (Phi) is 4.19. The summed E-state index contributed by atoms with van der Waals surface area (Å²) >= 11 is 0. The van der Waals surface area contributed by atoms with Crippen molar-refractivity contribution in [3.63, 3.8) is 0 Å². The number of hydrogen-bond donors (Lipinski definition) is 2. The second-order valence-electron chi connectivity index (χ2n) is 5.14. The van der Waals surface area contributed by atoms with Crippen molar-refractivity contribution in [3.05, 3.63) is 12.1 Å². The number of rotatable bonds is 2. The summed E-state index contributed by atoms with van der Waals surface area (Å²) in [5.74, 6) is 0.0920. The van der Waals surface area contributed by atoms with Crippen molar-refractivity contribution in [2.45, 2.75) is 0 Å². The molecule has 8 heteroatoms. The van der Waals surface area contributed by atoms with Crippen molar-refractivity contribution in [2.24, 2.45) is 0 Å². The molecule has 0 amide bonds. The molecule has 0 bridgehead atoms. The second kappa shape index (κ2) is 5.57. The van der Waals surface area contributed by atoms with Gasteiger partial charge in [0.1, 0.15) is 37.1 Å². The van der Waals surface area contributed by atoms with E-state index >= 15 is 0 Å². The molecule has 0 aliphatic heterocycles. The number of aromatic nitrogens is 1. The van der Waals surface area contributed by atoms with Crippen molar-refractivity contribution < 1.29 is 10.2 Å². The zero-order valence-electron chi connectivity index (χ0n) is 12.5. The summed E-state index contributed by atoms with van der Waals surface area (Å²) < 4.78 is 0. The van der Waals surface area contributed by atoms with E-state index in [9.17, 15) is 10.2 Å². The molecule has 2 N–H and O–H groups in total. The molecule has 1 aromatic carbocycles. The predicted octanol–water partition coefficient (Wildman–Crippen LogP) is -4.87. The van der Waals surface area contributed by atoms with Gasteiger partial charge in [-0.15, -0.1) is 0 Å². The Morgan fingerprint density at radius 3 is 2.30 bits per heavy atom. The van der Waals surface area contributed by atoms with Crippen LogP contribution in [0.5, 0.6) is 11.6 Å². The molecule has 0 aliphatic carbocycles. The standard InChI is InChI=1S/C12H16B4NO2P/c1-20-11-10(18)8(16)9(17-12(11)19)5-2-4(13)3-6(14)7(5)15/h2-3,20H,13-16H2,1H3,(H2,17,18,19). The van der Waals surface area contributed by atoms with Crippen molar-refractivity contribution in [2.75, 3.05) is 6.66 Å². The maximum absolute atomic E-state index is 10.3. The molecule has 1 aromatic heterocycles. The van der Waals surface area contributed by atoms with Crippen molar-refractivity contribution in [1.82, 2.24) is 4.98 Å². The molecule has 2 rings (SSSR count). The van der Waals surface area contributed by atoms with Crippen LogP contribution in [0.4, 0.5) is 0 Å². The van der Waals surface area contributed by atoms with Crippen LogP contribution in [0.15, 0.2) is 12.1 Å². The topological polar surface area (TPSA) is 53.4 Å². The van der Waals surface area contributed by atoms with E-state index in [1.165, 1.54) is 5.46 Å². The van der Waals surface area contributed by atoms with Gasteiger partial charge in [-0.25, -0.2) is 4.98 Å². The fourth-order valence-corrected chi connectivity index (χ4v) is 3.13. The molecule has 0 saturated heterocycles. The highest BCUT2D eigenvalue weighted by Gasteiger charge is 2.17. The van der Waals surface area contributed by atoms with Gasteiger partial charge in [0.15, 0.2) is 0 Å². The summed E-state index contributed by atoms with van der Waals surface area (Å²) in [5, 5.41) is 20.8. The van der Waals surface area contributed by atoms with Crippen molar-refractivity contribution in [1.29, 1.82) is 0 Å². The number of nitrogens with zero attached hydrogens (tertiary/aromatic N) is 1. The first-order valence-corrected chi connectivity index (χ1v) is 8.05. The minimum absolute atomic E-state index is 0.0671. The van der Waals surface area contributed by atoms with E-state index in [1.54, 1.807) is 0 Å². The summed E-state index contributed by atoms with van der Waals surface area (Å²) in [6.45, 7) is 1.91. The van der Waals surface area contributed by atoms with E-state index in [4.69, 9.17) is 0 Å². The van der Waals surface area contributed by atoms with Crippen LogP contribution in [-0.2, 0) is 0 Å². The molecular formula is C12H16B4NO2P. The van der Waals surface area contributed by atoms with Crippen LogP contribution in [-0.4, -0.2) is 53.2 Å². The number of pyridine rings is 1. The molecular weight excluding hydrogens is 264 g/mol. The van der Waals surface area contributed by atoms with Gasteiger partial charge in [-0.3, -0.25) is 0 Å². The van der Waals surface area contributed by atoms with Gasteiger partial charge < -0.3 is 10.2 Å². The van der Waals surface area contributed by atoms with Crippen LogP contribution in [0.2, 0.25) is 0 Å². The molecule has 1 heterocycles. The Balaban J connectivity index is 2.78. The third-order valence-electron chi connectivity index (χ3n) is 3.71. The maximum atomic E-state index is 10.3. The van der Waals surface area contributed by atoms with E-state index < -0.39 is 0 Å². The van der Waals surface area contributed by atoms with E-state index in [2.05, 4.69) is 18.9 Å². The zero-order valence-corrected chi connectivity index (χ0v) is 13.5. The molecule has 20 heavy (non-hydrogen) atoms. The third-order valence-corrected chi connectivity index (χ3v) is 4.67. The van der Waals surface area contributed by atoms with Crippen LogP contribution in [0, 0.1) is 0 Å². The summed E-state index contributed by atoms with van der Waals surface area (Å²) in [7, 11) is 8.28. The van der Waals surface area contributed by atoms with Crippen LogP contribution in [0.3, 0.4) is 0 Å². The van der Waals surface area contributed by atoms with Gasteiger partial charge in [0.2, 0.25) is 5.88 Å². The zero-order chi connectivity index (χ0) is 15.0. The fraction of sp³-hybridized carbons (Fsp3) is 0.0833. The normalized spacial score (nSPS) is 11.2. The third kappa shape index (κ3) is 2.47. The molecule has 3 nitrogen and oxygen atoms in total. The molecule has 0 radical (unpaired) electrons. The fourth-order valence-electron chi connectivity index (χ4n) is 2.43. The molecule has 0 saturated carbocycles. The largest absolute Gasteiger partial charge is 0.508 e. The average Bonchev–Trinajstić information content (AvgIpc) is 2.39. The Morgan fingerprint density at radius 1 is 1.05 bits per heavy atom. The SMILES string of the molecule is Bc1cc(B)c(B)c(-c2nc(O)c(PC)c(O)c2B)c1. The van der Waals surface area contributed by atoms with E-state index in [0.717, 1.165) is 22.0 Å². The molecule has 0 spiro atoms. The van der Waals surface area contributed by atoms with Crippen LogP contribution in [0.1, 0.15) is 0 Å². The Bertz CT molecular complexity index is 694. The lowest BCUT2D eigenvalue weighted by Crippen LogP contribution is -2.33. The van der Waals surface area contributed by atoms with Crippen LogP contribution in [0.25, 0.3) is 11.3 Å². The molecule has 1 unspecified atom stereocenters. The van der Waals surface area contributed by atoms with Gasteiger partial charge in [0, 0.05) is 0 Å². The van der Waals surface area contributed by atoms with E-state index in [-0.39, 0.29) is 11.6 Å². The molecule has 0 fully saturated rings. The molecule has 2 aromatic rings. The summed E-state index contributed by atoms with van der Waals surface area (Å²) in [4.78, 5) is 4.32. The quantitative estimate of drug-likeness (QED) is 0.428. The minimum atomic E-state index is -0.0671. The van der Waals surface area contributed by atoms with Crippen LogP contribution >= 0.6 is 8.58 Å². The lowest BCUT2D eigenvalue weighted by atomic mass is 9.72. The minimum Gasteiger partial charge on any atom is -0.508 e. The van der Waals surface area contributed by atoms with Crippen LogP contribution < -0.4 is 27.2 Å².